The number of anilines is 1. The van der Waals surface area contributed by atoms with Gasteiger partial charge in [-0.1, -0.05) is 6.07 Å². The van der Waals surface area contributed by atoms with Gasteiger partial charge in [0.25, 0.3) is 0 Å². The van der Waals surface area contributed by atoms with Crippen molar-refractivity contribution in [2.45, 2.75) is 32.7 Å². The highest BCUT2D eigenvalue weighted by Crippen LogP contribution is 2.38. The second-order valence-corrected chi connectivity index (χ2v) is 7.60. The van der Waals surface area contributed by atoms with Crippen LogP contribution in [0.25, 0.3) is 0 Å². The predicted molar refractivity (Wildman–Crippen MR) is 118 cm³/mol. The molecule has 1 N–H and O–H groups in total. The molecule has 1 atom stereocenters. The number of ether oxygens (including phenoxy) is 4. The molecule has 2 heterocycles. The third kappa shape index (κ3) is 5.05. The van der Waals surface area contributed by atoms with E-state index in [1.54, 1.807) is 0 Å². The third-order valence-corrected chi connectivity index (χ3v) is 5.50. The maximum absolute atomic E-state index is 12.9. The molecule has 0 aromatic heterocycles. The number of nitrogens with one attached hydrogen (secondary N) is 1. The normalized spacial score (nSPS) is 17.9. The summed E-state index contributed by atoms with van der Waals surface area (Å²) >= 11 is 0. The fourth-order valence-corrected chi connectivity index (χ4v) is 4.18. The first-order chi connectivity index (χ1) is 15.2. The first kappa shape index (κ1) is 21.3. The fraction of sp³-hybridized carbons (Fsp3) is 0.458. The molecule has 0 bridgehead atoms. The summed E-state index contributed by atoms with van der Waals surface area (Å²) in [6, 6.07) is 11.8. The van der Waals surface area contributed by atoms with Gasteiger partial charge in [-0.15, -0.1) is 0 Å². The van der Waals surface area contributed by atoms with E-state index < -0.39 is 0 Å². The minimum Gasteiger partial charge on any atom is -0.494 e. The van der Waals surface area contributed by atoms with Crippen LogP contribution < -0.4 is 24.3 Å². The van der Waals surface area contributed by atoms with Crippen LogP contribution in [0.5, 0.6) is 23.0 Å². The first-order valence-corrected chi connectivity index (χ1v) is 11.0. The van der Waals surface area contributed by atoms with Crippen LogP contribution in [0.4, 0.5) is 5.69 Å². The number of carbonyl (C=O) groups excluding carboxylic acids is 1. The van der Waals surface area contributed by atoms with E-state index in [1.807, 2.05) is 44.2 Å². The standard InChI is InChI=1S/C24H30N2O5/c1-3-28-18-8-10-21(29-4-2)19(15-18)25-24(27)16-26-11-5-6-20(26)17-7-9-22-23(14-17)31-13-12-30-22/h7-10,14-15,20H,3-6,11-13,16H2,1-2H3,(H,25,27). The molecular formula is C24H30N2O5. The number of carbonyl (C=O) groups is 1. The van der Waals surface area contributed by atoms with Gasteiger partial charge in [-0.2, -0.15) is 0 Å². The lowest BCUT2D eigenvalue weighted by molar-refractivity contribution is -0.117. The van der Waals surface area contributed by atoms with Gasteiger partial charge in [-0.05, 0) is 63.1 Å². The molecule has 2 aliphatic rings. The number of amides is 1. The van der Waals surface area contributed by atoms with E-state index in [0.717, 1.165) is 36.4 Å². The van der Waals surface area contributed by atoms with E-state index >= 15 is 0 Å². The number of hydrogen-bond acceptors (Lipinski definition) is 6. The second-order valence-electron chi connectivity index (χ2n) is 7.60. The minimum absolute atomic E-state index is 0.0703. The van der Waals surface area contributed by atoms with Crippen molar-refractivity contribution in [1.29, 1.82) is 0 Å². The number of fused-ring (bicyclic) bond motifs is 1. The number of benzene rings is 2. The number of hydrogen-bond donors (Lipinski definition) is 1. The summed E-state index contributed by atoms with van der Waals surface area (Å²) in [5.41, 5.74) is 1.79. The summed E-state index contributed by atoms with van der Waals surface area (Å²) in [6.45, 7) is 7.27. The molecule has 2 aliphatic heterocycles. The maximum atomic E-state index is 12.9. The van der Waals surface area contributed by atoms with Gasteiger partial charge in [0.15, 0.2) is 11.5 Å². The molecule has 2 aromatic rings. The summed E-state index contributed by atoms with van der Waals surface area (Å²) in [5, 5.41) is 3.01. The first-order valence-electron chi connectivity index (χ1n) is 11.0. The Morgan fingerprint density at radius 1 is 1.06 bits per heavy atom. The van der Waals surface area contributed by atoms with E-state index in [2.05, 4.69) is 16.3 Å². The molecule has 0 radical (unpaired) electrons. The number of nitrogens with zero attached hydrogens (tertiary/aromatic N) is 1. The lowest BCUT2D eigenvalue weighted by Crippen LogP contribution is -2.33. The highest BCUT2D eigenvalue weighted by molar-refractivity contribution is 5.94. The minimum atomic E-state index is -0.0703. The molecule has 7 nitrogen and oxygen atoms in total. The molecule has 1 saturated heterocycles. The van der Waals surface area contributed by atoms with Crippen molar-refractivity contribution in [3.63, 3.8) is 0 Å². The highest BCUT2D eigenvalue weighted by Gasteiger charge is 2.29. The summed E-state index contributed by atoms with van der Waals surface area (Å²) in [6.07, 6.45) is 2.06. The topological polar surface area (TPSA) is 69.3 Å². The van der Waals surface area contributed by atoms with Crippen LogP contribution in [0.2, 0.25) is 0 Å². The lowest BCUT2D eigenvalue weighted by Gasteiger charge is -2.26. The average molecular weight is 427 g/mol. The fourth-order valence-electron chi connectivity index (χ4n) is 4.18. The van der Waals surface area contributed by atoms with Crippen LogP contribution in [0.3, 0.4) is 0 Å². The van der Waals surface area contributed by atoms with Crippen molar-refractivity contribution in [2.75, 3.05) is 44.8 Å². The van der Waals surface area contributed by atoms with Crippen molar-refractivity contribution < 1.29 is 23.7 Å². The Balaban J connectivity index is 1.45. The molecule has 0 aliphatic carbocycles. The van der Waals surface area contributed by atoms with Crippen molar-refractivity contribution in [1.82, 2.24) is 4.90 Å². The molecule has 1 amide bonds. The summed E-state index contributed by atoms with van der Waals surface area (Å²) < 4.78 is 22.6. The van der Waals surface area contributed by atoms with Gasteiger partial charge >= 0.3 is 0 Å². The highest BCUT2D eigenvalue weighted by atomic mass is 16.6. The zero-order valence-corrected chi connectivity index (χ0v) is 18.2. The van der Waals surface area contributed by atoms with E-state index in [9.17, 15) is 4.79 Å². The van der Waals surface area contributed by atoms with Crippen molar-refractivity contribution in [3.8, 4) is 23.0 Å². The van der Waals surface area contributed by atoms with Gasteiger partial charge in [0, 0.05) is 12.1 Å². The average Bonchev–Trinajstić information content (AvgIpc) is 3.23. The Kier molecular flexibility index (Phi) is 6.82. The van der Waals surface area contributed by atoms with Crippen molar-refractivity contribution in [3.05, 3.63) is 42.0 Å². The summed E-state index contributed by atoms with van der Waals surface area (Å²) in [4.78, 5) is 15.1. The zero-order chi connectivity index (χ0) is 21.6. The maximum Gasteiger partial charge on any atom is 0.238 e. The molecular weight excluding hydrogens is 396 g/mol. The molecule has 0 spiro atoms. The Labute approximate surface area is 183 Å². The predicted octanol–water partition coefficient (Wildman–Crippen LogP) is 4.03. The van der Waals surface area contributed by atoms with Crippen molar-refractivity contribution in [2.24, 2.45) is 0 Å². The molecule has 31 heavy (non-hydrogen) atoms. The Hall–Kier alpha value is -2.93. The second kappa shape index (κ2) is 9.92. The molecule has 0 saturated carbocycles. The Bertz CT molecular complexity index is 917. The van der Waals surface area contributed by atoms with E-state index in [4.69, 9.17) is 18.9 Å². The van der Waals surface area contributed by atoms with Crippen LogP contribution in [-0.2, 0) is 4.79 Å². The SMILES string of the molecule is CCOc1ccc(OCC)c(NC(=O)CN2CCCC2c2ccc3c(c2)OCCO3)c1. The van der Waals surface area contributed by atoms with E-state index in [0.29, 0.717) is 50.2 Å². The van der Waals surface area contributed by atoms with Crippen LogP contribution in [-0.4, -0.2) is 50.3 Å². The van der Waals surface area contributed by atoms with E-state index in [1.165, 1.54) is 0 Å². The molecule has 1 unspecified atom stereocenters. The molecule has 166 valence electrons. The molecule has 2 aromatic carbocycles. The number of rotatable bonds is 8. The molecule has 7 heteroatoms. The van der Waals surface area contributed by atoms with Gasteiger partial charge in [0.1, 0.15) is 24.7 Å². The van der Waals surface area contributed by atoms with Crippen LogP contribution in [0.1, 0.15) is 38.3 Å². The van der Waals surface area contributed by atoms with Crippen LogP contribution >= 0.6 is 0 Å². The van der Waals surface area contributed by atoms with Crippen molar-refractivity contribution >= 4 is 11.6 Å². The van der Waals surface area contributed by atoms with Gasteiger partial charge < -0.3 is 24.3 Å². The molecule has 1 fully saturated rings. The van der Waals surface area contributed by atoms with Gasteiger partial charge in [0.05, 0.1) is 25.4 Å². The zero-order valence-electron chi connectivity index (χ0n) is 18.2. The summed E-state index contributed by atoms with van der Waals surface area (Å²) in [5.74, 6) is 2.85. The third-order valence-electron chi connectivity index (χ3n) is 5.50. The Morgan fingerprint density at radius 3 is 2.68 bits per heavy atom. The van der Waals surface area contributed by atoms with Gasteiger partial charge in [-0.3, -0.25) is 9.69 Å². The molecule has 4 rings (SSSR count). The largest absolute Gasteiger partial charge is 0.494 e. The lowest BCUT2D eigenvalue weighted by atomic mass is 10.0. The monoisotopic (exact) mass is 426 g/mol. The quantitative estimate of drug-likeness (QED) is 0.687. The Morgan fingerprint density at radius 2 is 1.87 bits per heavy atom. The van der Waals surface area contributed by atoms with Gasteiger partial charge in [-0.25, -0.2) is 0 Å². The number of likely N-dealkylation sites (tertiary alicyclic amines) is 1. The van der Waals surface area contributed by atoms with Crippen LogP contribution in [0, 0.1) is 0 Å². The smallest absolute Gasteiger partial charge is 0.238 e. The van der Waals surface area contributed by atoms with E-state index in [-0.39, 0.29) is 11.9 Å². The van der Waals surface area contributed by atoms with Crippen LogP contribution in [0.15, 0.2) is 36.4 Å². The van der Waals surface area contributed by atoms with Gasteiger partial charge in [0.2, 0.25) is 5.91 Å². The summed E-state index contributed by atoms with van der Waals surface area (Å²) in [7, 11) is 0.